The molecule has 1 aromatic rings. The first-order chi connectivity index (χ1) is 6.35. The van der Waals surface area contributed by atoms with E-state index < -0.39 is 0 Å². The Hall–Kier alpha value is -0.600. The predicted molar refractivity (Wildman–Crippen MR) is 52.3 cm³/mol. The van der Waals surface area contributed by atoms with Crippen molar-refractivity contribution in [2.45, 2.75) is 6.54 Å². The molecule has 0 bridgehead atoms. The van der Waals surface area contributed by atoms with Gasteiger partial charge in [0.15, 0.2) is 0 Å². The molecule has 5 heteroatoms. The van der Waals surface area contributed by atoms with E-state index in [4.69, 9.17) is 5.26 Å². The molecule has 0 saturated heterocycles. The van der Waals surface area contributed by atoms with Crippen LogP contribution >= 0.6 is 0 Å². The van der Waals surface area contributed by atoms with Crippen molar-refractivity contribution in [1.29, 1.82) is 5.26 Å². The molecule has 0 radical (unpaired) electrons. The van der Waals surface area contributed by atoms with Crippen molar-refractivity contribution in [3.05, 3.63) is 35.9 Å². The van der Waals surface area contributed by atoms with E-state index in [9.17, 15) is 4.79 Å². The monoisotopic (exact) mass is 216 g/mol. The molecule has 1 N–H and O–H groups in total. The van der Waals surface area contributed by atoms with Crippen LogP contribution in [0.3, 0.4) is 0 Å². The molecular weight excluding hydrogens is 207 g/mol. The number of nitrogens with zero attached hydrogens (tertiary/aromatic N) is 1. The summed E-state index contributed by atoms with van der Waals surface area (Å²) < 4.78 is 0. The Kier molecular flexibility index (Phi) is 14.0. The Balaban J connectivity index is 0. The van der Waals surface area contributed by atoms with Gasteiger partial charge in [0.05, 0.1) is 0 Å². The van der Waals surface area contributed by atoms with Crippen molar-refractivity contribution in [3.63, 3.8) is 0 Å². The minimum atomic E-state index is 0. The first-order valence-corrected chi connectivity index (χ1v) is 3.98. The van der Waals surface area contributed by atoms with E-state index in [1.54, 1.807) is 0 Å². The second-order valence-corrected chi connectivity index (χ2v) is 2.26. The van der Waals surface area contributed by atoms with E-state index in [2.05, 4.69) is 17.9 Å². The number of carbonyl (C=O) groups excluding carboxylic acids is 1. The summed E-state index contributed by atoms with van der Waals surface area (Å²) in [5, 5.41) is 11.1. The number of hydrogen-bond acceptors (Lipinski definition) is 3. The predicted octanol–water partition coefficient (Wildman–Crippen LogP) is -2.05. The van der Waals surface area contributed by atoms with E-state index in [0.717, 1.165) is 5.56 Å². The van der Waals surface area contributed by atoms with Crippen molar-refractivity contribution in [3.8, 4) is 5.40 Å². The van der Waals surface area contributed by atoms with Crippen LogP contribution in [0, 0.1) is 10.7 Å². The van der Waals surface area contributed by atoms with Gasteiger partial charge in [-0.3, -0.25) is 4.79 Å². The van der Waals surface area contributed by atoms with Crippen LogP contribution in [0.2, 0.25) is 0 Å². The number of rotatable bonds is 3. The maximum absolute atomic E-state index is 9.87. The summed E-state index contributed by atoms with van der Waals surface area (Å²) >= 11 is 3.70. The molecule has 0 heterocycles. The number of hydrogen-bond donors (Lipinski definition) is 1. The first kappa shape index (κ1) is 15.9. The normalized spacial score (nSPS) is 6.79. The standard InChI is InChI=1S/C8H9NO.CHNS.Na/c10-7-9-6-8-4-2-1-3-5-8;2-1-3;/h1-5,7H,6H2,(H,9,10);3H;/q;;+1/p-1. The summed E-state index contributed by atoms with van der Waals surface area (Å²) in [6.45, 7) is 0.615. The molecule has 1 amide bonds. The minimum absolute atomic E-state index is 0. The van der Waals surface area contributed by atoms with Crippen LogP contribution in [-0.2, 0) is 24.0 Å². The minimum Gasteiger partial charge on any atom is -0.696 e. The Bertz CT molecular complexity index is 274. The van der Waals surface area contributed by atoms with E-state index in [0.29, 0.717) is 13.0 Å². The van der Waals surface area contributed by atoms with E-state index in [1.807, 2.05) is 30.3 Å². The first-order valence-electron chi connectivity index (χ1n) is 3.57. The summed E-state index contributed by atoms with van der Waals surface area (Å²) in [7, 11) is 0. The third-order valence-corrected chi connectivity index (χ3v) is 1.23. The molecule has 0 spiro atoms. The molecule has 0 aliphatic carbocycles. The molecule has 0 atom stereocenters. The number of nitrogens with one attached hydrogen (secondary N) is 1. The quantitative estimate of drug-likeness (QED) is 0.274. The maximum atomic E-state index is 9.87. The van der Waals surface area contributed by atoms with Crippen LogP contribution in [0.25, 0.3) is 0 Å². The fourth-order valence-corrected chi connectivity index (χ4v) is 0.755. The van der Waals surface area contributed by atoms with Gasteiger partial charge in [0, 0.05) is 6.54 Å². The number of nitriles is 1. The number of benzene rings is 1. The largest absolute Gasteiger partial charge is 1.00 e. The van der Waals surface area contributed by atoms with Crippen molar-refractivity contribution in [1.82, 2.24) is 5.32 Å². The van der Waals surface area contributed by atoms with Crippen molar-refractivity contribution in [2.75, 3.05) is 0 Å². The van der Waals surface area contributed by atoms with Crippen molar-refractivity contribution >= 4 is 19.0 Å². The Morgan fingerprint density at radius 2 is 1.93 bits per heavy atom. The maximum Gasteiger partial charge on any atom is 1.00 e. The fraction of sp³-hybridized carbons (Fsp3) is 0.111. The van der Waals surface area contributed by atoms with Gasteiger partial charge in [-0.25, -0.2) is 5.26 Å². The van der Waals surface area contributed by atoms with Crippen LogP contribution in [0.4, 0.5) is 0 Å². The van der Waals surface area contributed by atoms with E-state index in [-0.39, 0.29) is 29.6 Å². The van der Waals surface area contributed by atoms with Gasteiger partial charge in [-0.05, 0) is 5.56 Å². The Labute approximate surface area is 111 Å². The van der Waals surface area contributed by atoms with Crippen molar-refractivity contribution < 1.29 is 34.4 Å². The fourth-order valence-electron chi connectivity index (χ4n) is 0.755. The molecule has 1 rings (SSSR count). The summed E-state index contributed by atoms with van der Waals surface area (Å²) in [4.78, 5) is 9.87. The molecular formula is C9H9N2NaOS. The molecule has 0 unspecified atom stereocenters. The van der Waals surface area contributed by atoms with Gasteiger partial charge in [0.1, 0.15) is 0 Å². The van der Waals surface area contributed by atoms with E-state index >= 15 is 0 Å². The molecule has 68 valence electrons. The topological polar surface area (TPSA) is 52.9 Å². The number of amides is 1. The van der Waals surface area contributed by atoms with Gasteiger partial charge in [0.2, 0.25) is 6.41 Å². The third-order valence-electron chi connectivity index (χ3n) is 1.23. The van der Waals surface area contributed by atoms with Gasteiger partial charge in [0.25, 0.3) is 0 Å². The average molecular weight is 216 g/mol. The molecule has 1 aromatic carbocycles. The zero-order chi connectivity index (χ0) is 9.94. The molecule has 3 nitrogen and oxygen atoms in total. The van der Waals surface area contributed by atoms with Crippen molar-refractivity contribution in [2.24, 2.45) is 0 Å². The van der Waals surface area contributed by atoms with Gasteiger partial charge in [-0.2, -0.15) is 0 Å². The molecule has 0 fully saturated rings. The molecule has 0 aliphatic heterocycles. The summed E-state index contributed by atoms with van der Waals surface area (Å²) in [5.41, 5.74) is 1.12. The Morgan fingerprint density at radius 1 is 1.43 bits per heavy atom. The molecule has 0 aliphatic rings. The van der Waals surface area contributed by atoms with Gasteiger partial charge < -0.3 is 17.9 Å². The zero-order valence-electron chi connectivity index (χ0n) is 7.93. The third kappa shape index (κ3) is 9.49. The summed E-state index contributed by atoms with van der Waals surface area (Å²) in [5.74, 6) is 0. The number of carbonyl (C=O) groups is 1. The summed E-state index contributed by atoms with van der Waals surface area (Å²) in [6.07, 6.45) is 0.701. The molecule has 0 aromatic heterocycles. The molecule has 14 heavy (non-hydrogen) atoms. The van der Waals surface area contributed by atoms with E-state index in [1.165, 1.54) is 5.40 Å². The van der Waals surface area contributed by atoms with Crippen LogP contribution in [0.15, 0.2) is 30.3 Å². The second-order valence-electron chi connectivity index (χ2n) is 2.08. The number of thiocyanates is 1. The van der Waals surface area contributed by atoms with Crippen LogP contribution in [0.1, 0.15) is 5.56 Å². The smallest absolute Gasteiger partial charge is 0.696 e. The van der Waals surface area contributed by atoms with Gasteiger partial charge >= 0.3 is 29.6 Å². The van der Waals surface area contributed by atoms with Gasteiger partial charge in [-0.15, -0.1) is 0 Å². The van der Waals surface area contributed by atoms with Crippen LogP contribution in [0.5, 0.6) is 0 Å². The Morgan fingerprint density at radius 3 is 2.36 bits per heavy atom. The average Bonchev–Trinajstić information content (AvgIpc) is 2.18. The molecule has 0 saturated carbocycles. The summed E-state index contributed by atoms with van der Waals surface area (Å²) in [6, 6.07) is 9.78. The van der Waals surface area contributed by atoms with Gasteiger partial charge in [-0.1, -0.05) is 35.7 Å². The van der Waals surface area contributed by atoms with Crippen LogP contribution < -0.4 is 34.9 Å². The zero-order valence-corrected chi connectivity index (χ0v) is 10.8. The second kappa shape index (κ2) is 12.4. The van der Waals surface area contributed by atoms with Crippen LogP contribution in [-0.4, -0.2) is 6.41 Å². The SMILES string of the molecule is N#C[S-].O=CNCc1ccccc1.[Na+].